The predicted molar refractivity (Wildman–Crippen MR) is 111 cm³/mol. The van der Waals surface area contributed by atoms with Crippen molar-refractivity contribution in [2.75, 3.05) is 16.8 Å². The number of hydrogen-bond acceptors (Lipinski definition) is 8. The Labute approximate surface area is 163 Å². The highest BCUT2D eigenvalue weighted by atomic mass is 16.6. The number of nitrogen functional groups attached to an aromatic ring is 2. The average molecular weight is 390 g/mol. The SMILES string of the molecule is Nc1ccc(Nc2c3ccc([N+](=O)[O-])cc3nc3cc([N+](=O)[O-])ccc23)c(N)c1. The van der Waals surface area contributed by atoms with Crippen LogP contribution in [-0.4, -0.2) is 14.8 Å². The molecule has 4 rings (SSSR count). The Balaban J connectivity index is 2.01. The number of nitro groups is 2. The zero-order valence-electron chi connectivity index (χ0n) is 14.8. The lowest BCUT2D eigenvalue weighted by molar-refractivity contribution is -0.384. The molecule has 0 radical (unpaired) electrons. The standard InChI is InChI=1S/C19H14N6O4/c20-10-1-6-16(15(21)7-10)23-19-13-4-2-11(24(26)27)8-17(13)22-18-9-12(25(28)29)3-5-14(18)19/h1-9H,20-21H2,(H,22,23). The van der Waals surface area contributed by atoms with Gasteiger partial charge in [-0.05, 0) is 30.3 Å². The van der Waals surface area contributed by atoms with Crippen LogP contribution in [0.3, 0.4) is 0 Å². The summed E-state index contributed by atoms with van der Waals surface area (Å²) in [5.41, 5.74) is 14.2. The van der Waals surface area contributed by atoms with Crippen molar-refractivity contribution in [2.45, 2.75) is 0 Å². The molecule has 144 valence electrons. The van der Waals surface area contributed by atoms with Crippen molar-refractivity contribution in [1.29, 1.82) is 0 Å². The van der Waals surface area contributed by atoms with E-state index in [0.717, 1.165) is 0 Å². The van der Waals surface area contributed by atoms with Crippen LogP contribution in [0, 0.1) is 20.2 Å². The van der Waals surface area contributed by atoms with E-state index in [4.69, 9.17) is 11.5 Å². The number of pyridine rings is 1. The Kier molecular flexibility index (Phi) is 4.08. The van der Waals surface area contributed by atoms with E-state index < -0.39 is 9.85 Å². The molecule has 1 aromatic heterocycles. The van der Waals surface area contributed by atoms with Gasteiger partial charge in [-0.1, -0.05) is 0 Å². The van der Waals surface area contributed by atoms with Crippen molar-refractivity contribution in [3.8, 4) is 0 Å². The third-order valence-corrected chi connectivity index (χ3v) is 4.50. The molecule has 0 unspecified atom stereocenters. The molecule has 0 aliphatic carbocycles. The Bertz CT molecular complexity index is 1250. The summed E-state index contributed by atoms with van der Waals surface area (Å²) in [6.45, 7) is 0. The number of fused-ring (bicyclic) bond motifs is 2. The maximum Gasteiger partial charge on any atom is 0.271 e. The van der Waals surface area contributed by atoms with Gasteiger partial charge in [0.2, 0.25) is 0 Å². The van der Waals surface area contributed by atoms with Gasteiger partial charge in [-0.2, -0.15) is 0 Å². The molecule has 0 atom stereocenters. The van der Waals surface area contributed by atoms with Crippen molar-refractivity contribution in [1.82, 2.24) is 4.98 Å². The second-order valence-electron chi connectivity index (χ2n) is 6.38. The van der Waals surface area contributed by atoms with Gasteiger partial charge in [-0.15, -0.1) is 0 Å². The molecule has 0 spiro atoms. The van der Waals surface area contributed by atoms with Crippen LogP contribution in [-0.2, 0) is 0 Å². The molecule has 0 saturated carbocycles. The van der Waals surface area contributed by atoms with Crippen molar-refractivity contribution in [2.24, 2.45) is 0 Å². The van der Waals surface area contributed by atoms with Gasteiger partial charge in [0.1, 0.15) is 0 Å². The molecule has 0 saturated heterocycles. The fourth-order valence-electron chi connectivity index (χ4n) is 3.11. The van der Waals surface area contributed by atoms with E-state index in [1.165, 1.54) is 24.3 Å². The van der Waals surface area contributed by atoms with E-state index in [1.54, 1.807) is 30.3 Å². The highest BCUT2D eigenvalue weighted by molar-refractivity contribution is 6.10. The number of nitro benzene ring substituents is 2. The topological polar surface area (TPSA) is 163 Å². The van der Waals surface area contributed by atoms with Crippen molar-refractivity contribution in [3.63, 3.8) is 0 Å². The molecular weight excluding hydrogens is 376 g/mol. The maximum atomic E-state index is 11.1. The number of aromatic nitrogens is 1. The lowest BCUT2D eigenvalue weighted by Gasteiger charge is -2.15. The average Bonchev–Trinajstić information content (AvgIpc) is 2.68. The molecule has 1 heterocycles. The molecule has 0 fully saturated rings. The van der Waals surface area contributed by atoms with Gasteiger partial charge in [0.15, 0.2) is 0 Å². The molecule has 0 amide bonds. The summed E-state index contributed by atoms with van der Waals surface area (Å²) in [5, 5.41) is 26.7. The van der Waals surface area contributed by atoms with E-state index in [-0.39, 0.29) is 11.4 Å². The number of hydrogen-bond donors (Lipinski definition) is 3. The number of nitrogens with two attached hydrogens (primary N) is 2. The number of nitrogens with one attached hydrogen (secondary N) is 1. The minimum Gasteiger partial charge on any atom is -0.399 e. The first-order chi connectivity index (χ1) is 13.8. The Morgan fingerprint density at radius 2 is 1.34 bits per heavy atom. The van der Waals surface area contributed by atoms with Gasteiger partial charge < -0.3 is 16.8 Å². The number of benzene rings is 3. The van der Waals surface area contributed by atoms with Gasteiger partial charge in [-0.3, -0.25) is 20.2 Å². The lowest BCUT2D eigenvalue weighted by atomic mass is 10.1. The molecule has 3 aromatic carbocycles. The first-order valence-corrected chi connectivity index (χ1v) is 8.42. The van der Waals surface area contributed by atoms with Gasteiger partial charge in [0, 0.05) is 40.7 Å². The summed E-state index contributed by atoms with van der Waals surface area (Å²) in [6, 6.07) is 13.5. The van der Waals surface area contributed by atoms with Crippen LogP contribution in [0.2, 0.25) is 0 Å². The quantitative estimate of drug-likeness (QED) is 0.203. The molecular formula is C19H14N6O4. The van der Waals surface area contributed by atoms with Crippen LogP contribution in [0.1, 0.15) is 0 Å². The maximum absolute atomic E-state index is 11.1. The van der Waals surface area contributed by atoms with E-state index in [2.05, 4.69) is 10.3 Å². The third-order valence-electron chi connectivity index (χ3n) is 4.50. The molecule has 5 N–H and O–H groups in total. The van der Waals surface area contributed by atoms with E-state index in [0.29, 0.717) is 44.6 Å². The van der Waals surface area contributed by atoms with Crippen LogP contribution in [0.25, 0.3) is 21.8 Å². The summed E-state index contributed by atoms with van der Waals surface area (Å²) in [6.07, 6.45) is 0. The second-order valence-corrected chi connectivity index (χ2v) is 6.38. The minimum absolute atomic E-state index is 0.132. The number of nitrogens with zero attached hydrogens (tertiary/aromatic N) is 3. The fraction of sp³-hybridized carbons (Fsp3) is 0. The normalized spacial score (nSPS) is 10.9. The monoisotopic (exact) mass is 390 g/mol. The number of non-ortho nitro benzene ring substituents is 2. The summed E-state index contributed by atoms with van der Waals surface area (Å²) < 4.78 is 0. The minimum atomic E-state index is -0.524. The summed E-state index contributed by atoms with van der Waals surface area (Å²) >= 11 is 0. The van der Waals surface area contributed by atoms with Crippen LogP contribution in [0.15, 0.2) is 54.6 Å². The zero-order valence-corrected chi connectivity index (χ0v) is 14.8. The summed E-state index contributed by atoms with van der Waals surface area (Å²) in [5.74, 6) is 0. The Hall–Kier alpha value is -4.47. The molecule has 0 aliphatic rings. The smallest absolute Gasteiger partial charge is 0.271 e. The van der Waals surface area contributed by atoms with Crippen molar-refractivity contribution >= 4 is 55.9 Å². The molecule has 10 heteroatoms. The van der Waals surface area contributed by atoms with Gasteiger partial charge in [0.25, 0.3) is 11.4 Å². The Morgan fingerprint density at radius 1 is 0.793 bits per heavy atom. The largest absolute Gasteiger partial charge is 0.399 e. The highest BCUT2D eigenvalue weighted by Crippen LogP contribution is 2.37. The first-order valence-electron chi connectivity index (χ1n) is 8.42. The zero-order chi connectivity index (χ0) is 20.7. The number of rotatable bonds is 4. The van der Waals surface area contributed by atoms with E-state index >= 15 is 0 Å². The van der Waals surface area contributed by atoms with Gasteiger partial charge in [-0.25, -0.2) is 4.98 Å². The highest BCUT2D eigenvalue weighted by Gasteiger charge is 2.16. The van der Waals surface area contributed by atoms with Crippen molar-refractivity contribution < 1.29 is 9.85 Å². The first kappa shape index (κ1) is 17.9. The molecule has 4 aromatic rings. The van der Waals surface area contributed by atoms with Gasteiger partial charge in [0.05, 0.1) is 37.9 Å². The Morgan fingerprint density at radius 3 is 1.83 bits per heavy atom. The molecule has 29 heavy (non-hydrogen) atoms. The summed E-state index contributed by atoms with van der Waals surface area (Å²) in [4.78, 5) is 25.7. The molecule has 0 aliphatic heterocycles. The van der Waals surface area contributed by atoms with E-state index in [9.17, 15) is 20.2 Å². The third kappa shape index (κ3) is 3.18. The molecule has 10 nitrogen and oxygen atoms in total. The fourth-order valence-corrected chi connectivity index (χ4v) is 3.11. The predicted octanol–water partition coefficient (Wildman–Crippen LogP) is 4.11. The summed E-state index contributed by atoms with van der Waals surface area (Å²) in [7, 11) is 0. The molecule has 0 bridgehead atoms. The second kappa shape index (κ2) is 6.60. The van der Waals surface area contributed by atoms with Crippen LogP contribution in [0.5, 0.6) is 0 Å². The van der Waals surface area contributed by atoms with Crippen molar-refractivity contribution in [3.05, 3.63) is 74.8 Å². The van der Waals surface area contributed by atoms with Crippen LogP contribution < -0.4 is 16.8 Å². The van der Waals surface area contributed by atoms with Crippen LogP contribution >= 0.6 is 0 Å². The number of anilines is 4. The van der Waals surface area contributed by atoms with Crippen LogP contribution in [0.4, 0.5) is 34.1 Å². The van der Waals surface area contributed by atoms with E-state index in [1.807, 2.05) is 0 Å². The lowest BCUT2D eigenvalue weighted by Crippen LogP contribution is -2.00. The van der Waals surface area contributed by atoms with Gasteiger partial charge >= 0.3 is 0 Å².